The summed E-state index contributed by atoms with van der Waals surface area (Å²) in [5.74, 6) is 1.69. The summed E-state index contributed by atoms with van der Waals surface area (Å²) in [5, 5.41) is 3.42. The number of hydrogen-bond donors (Lipinski definition) is 1. The standard InChI is InChI=1S/C19H22F3N3O2/c1-26-16-9-15(10-17(11-16)27-2)24-14-4-3-7-25(12-14)18-8-13(5-6-23-18)19(20,21)22/h5-6,8-11,14,24H,3-4,7,12H2,1-2H3. The molecule has 3 rings (SSSR count). The van der Waals surface area contributed by atoms with Crippen LogP contribution in [0.4, 0.5) is 24.7 Å². The van der Waals surface area contributed by atoms with Gasteiger partial charge in [-0.1, -0.05) is 0 Å². The number of nitrogens with one attached hydrogen (secondary N) is 1. The fraction of sp³-hybridized carbons (Fsp3) is 0.421. The number of ether oxygens (including phenoxy) is 2. The molecule has 2 aromatic rings. The van der Waals surface area contributed by atoms with Crippen molar-refractivity contribution in [3.63, 3.8) is 0 Å². The first-order valence-electron chi connectivity index (χ1n) is 8.67. The Bertz CT molecular complexity index is 761. The number of aromatic nitrogens is 1. The summed E-state index contributed by atoms with van der Waals surface area (Å²) >= 11 is 0. The van der Waals surface area contributed by atoms with Crippen LogP contribution in [0.1, 0.15) is 18.4 Å². The maximum atomic E-state index is 13.0. The molecule has 27 heavy (non-hydrogen) atoms. The van der Waals surface area contributed by atoms with Gasteiger partial charge in [0.15, 0.2) is 0 Å². The molecule has 8 heteroatoms. The summed E-state index contributed by atoms with van der Waals surface area (Å²) in [6, 6.07) is 7.69. The molecule has 1 atom stereocenters. The summed E-state index contributed by atoms with van der Waals surface area (Å²) in [7, 11) is 3.17. The van der Waals surface area contributed by atoms with Crippen molar-refractivity contribution in [2.75, 3.05) is 37.5 Å². The Morgan fingerprint density at radius 3 is 2.44 bits per heavy atom. The van der Waals surface area contributed by atoms with Crippen LogP contribution in [0.2, 0.25) is 0 Å². The number of hydrogen-bond acceptors (Lipinski definition) is 5. The molecule has 1 aromatic carbocycles. The van der Waals surface area contributed by atoms with Crippen LogP contribution in [0.15, 0.2) is 36.5 Å². The van der Waals surface area contributed by atoms with E-state index in [0.717, 1.165) is 30.7 Å². The lowest BCUT2D eigenvalue weighted by molar-refractivity contribution is -0.137. The minimum atomic E-state index is -4.37. The molecule has 0 saturated carbocycles. The van der Waals surface area contributed by atoms with E-state index in [2.05, 4.69) is 10.3 Å². The molecule has 5 nitrogen and oxygen atoms in total. The summed E-state index contributed by atoms with van der Waals surface area (Å²) in [4.78, 5) is 6.01. The van der Waals surface area contributed by atoms with Gasteiger partial charge in [0, 0.05) is 49.2 Å². The van der Waals surface area contributed by atoms with E-state index in [0.29, 0.717) is 30.4 Å². The zero-order chi connectivity index (χ0) is 19.4. The van der Waals surface area contributed by atoms with Crippen LogP contribution in [-0.2, 0) is 6.18 Å². The SMILES string of the molecule is COc1cc(NC2CCCN(c3cc(C(F)(F)F)ccn3)C2)cc(OC)c1. The van der Waals surface area contributed by atoms with Crippen molar-refractivity contribution >= 4 is 11.5 Å². The Balaban J connectivity index is 1.73. The van der Waals surface area contributed by atoms with Crippen LogP contribution in [0.5, 0.6) is 11.5 Å². The number of alkyl halides is 3. The topological polar surface area (TPSA) is 46.6 Å². The second-order valence-corrected chi connectivity index (χ2v) is 6.43. The van der Waals surface area contributed by atoms with Crippen molar-refractivity contribution in [3.05, 3.63) is 42.1 Å². The molecule has 2 heterocycles. The van der Waals surface area contributed by atoms with Gasteiger partial charge in [-0.2, -0.15) is 13.2 Å². The average Bonchev–Trinajstić information content (AvgIpc) is 2.67. The van der Waals surface area contributed by atoms with E-state index in [1.165, 1.54) is 6.20 Å². The Morgan fingerprint density at radius 2 is 1.81 bits per heavy atom. The van der Waals surface area contributed by atoms with E-state index >= 15 is 0 Å². The van der Waals surface area contributed by atoms with Gasteiger partial charge < -0.3 is 19.7 Å². The van der Waals surface area contributed by atoms with Gasteiger partial charge in [-0.05, 0) is 25.0 Å². The Kier molecular flexibility index (Phi) is 5.62. The summed E-state index contributed by atoms with van der Waals surface area (Å²) in [6.45, 7) is 1.24. The van der Waals surface area contributed by atoms with Gasteiger partial charge in [-0.25, -0.2) is 4.98 Å². The summed E-state index contributed by atoms with van der Waals surface area (Å²) in [6.07, 6.45) is -1.39. The number of halogens is 3. The maximum absolute atomic E-state index is 13.0. The lowest BCUT2D eigenvalue weighted by Gasteiger charge is -2.34. The van der Waals surface area contributed by atoms with Crippen molar-refractivity contribution in [1.82, 2.24) is 4.98 Å². The van der Waals surface area contributed by atoms with Crippen molar-refractivity contribution in [2.24, 2.45) is 0 Å². The molecular formula is C19H22F3N3O2. The molecule has 0 spiro atoms. The molecule has 0 bridgehead atoms. The Hall–Kier alpha value is -2.64. The number of rotatable bonds is 5. The predicted octanol–water partition coefficient (Wildman–Crippen LogP) is 4.20. The molecule has 1 N–H and O–H groups in total. The molecule has 0 radical (unpaired) electrons. The zero-order valence-corrected chi connectivity index (χ0v) is 15.2. The third-order valence-corrected chi connectivity index (χ3v) is 4.54. The number of methoxy groups -OCH3 is 2. The molecule has 0 amide bonds. The minimum Gasteiger partial charge on any atom is -0.497 e. The highest BCUT2D eigenvalue weighted by Gasteiger charge is 2.31. The van der Waals surface area contributed by atoms with Gasteiger partial charge in [0.1, 0.15) is 17.3 Å². The van der Waals surface area contributed by atoms with Crippen LogP contribution in [-0.4, -0.2) is 38.3 Å². The highest BCUT2D eigenvalue weighted by atomic mass is 19.4. The third kappa shape index (κ3) is 4.75. The minimum absolute atomic E-state index is 0.0758. The van der Waals surface area contributed by atoms with E-state index in [-0.39, 0.29) is 6.04 Å². The van der Waals surface area contributed by atoms with E-state index < -0.39 is 11.7 Å². The molecule has 1 aromatic heterocycles. The number of piperidine rings is 1. The first-order chi connectivity index (χ1) is 12.9. The molecule has 1 aliphatic heterocycles. The van der Waals surface area contributed by atoms with Gasteiger partial charge in [0.2, 0.25) is 0 Å². The largest absolute Gasteiger partial charge is 0.497 e. The van der Waals surface area contributed by atoms with Gasteiger partial charge in [-0.3, -0.25) is 0 Å². The van der Waals surface area contributed by atoms with Gasteiger partial charge in [-0.15, -0.1) is 0 Å². The van der Waals surface area contributed by atoms with E-state index in [4.69, 9.17) is 9.47 Å². The van der Waals surface area contributed by atoms with Gasteiger partial charge in [0.05, 0.1) is 19.8 Å². The highest BCUT2D eigenvalue weighted by Crippen LogP contribution is 2.32. The molecular weight excluding hydrogens is 359 g/mol. The molecule has 1 unspecified atom stereocenters. The van der Waals surface area contributed by atoms with Crippen LogP contribution in [0.3, 0.4) is 0 Å². The number of nitrogens with zero attached hydrogens (tertiary/aromatic N) is 2. The molecule has 146 valence electrons. The van der Waals surface area contributed by atoms with Crippen molar-refractivity contribution in [2.45, 2.75) is 25.1 Å². The Labute approximate surface area is 156 Å². The maximum Gasteiger partial charge on any atom is 0.416 e. The fourth-order valence-electron chi connectivity index (χ4n) is 3.20. The first-order valence-corrected chi connectivity index (χ1v) is 8.67. The van der Waals surface area contributed by atoms with Crippen LogP contribution >= 0.6 is 0 Å². The first kappa shape index (κ1) is 19.1. The number of anilines is 2. The predicted molar refractivity (Wildman–Crippen MR) is 97.6 cm³/mol. The smallest absolute Gasteiger partial charge is 0.416 e. The second kappa shape index (κ2) is 7.94. The Morgan fingerprint density at radius 1 is 1.11 bits per heavy atom. The van der Waals surface area contributed by atoms with Crippen LogP contribution in [0.25, 0.3) is 0 Å². The lowest BCUT2D eigenvalue weighted by Crippen LogP contribution is -2.42. The quantitative estimate of drug-likeness (QED) is 0.841. The van der Waals surface area contributed by atoms with E-state index in [1.807, 2.05) is 17.0 Å². The zero-order valence-electron chi connectivity index (χ0n) is 15.2. The second-order valence-electron chi connectivity index (χ2n) is 6.43. The molecule has 0 aliphatic carbocycles. The van der Waals surface area contributed by atoms with Crippen molar-refractivity contribution < 1.29 is 22.6 Å². The number of pyridine rings is 1. The fourth-order valence-corrected chi connectivity index (χ4v) is 3.20. The van der Waals surface area contributed by atoms with E-state index in [1.54, 1.807) is 20.3 Å². The van der Waals surface area contributed by atoms with Gasteiger partial charge in [0.25, 0.3) is 0 Å². The number of benzene rings is 1. The van der Waals surface area contributed by atoms with Crippen molar-refractivity contribution in [1.29, 1.82) is 0 Å². The molecule has 1 fully saturated rings. The average molecular weight is 381 g/mol. The molecule has 1 aliphatic rings. The van der Waals surface area contributed by atoms with Gasteiger partial charge >= 0.3 is 6.18 Å². The van der Waals surface area contributed by atoms with Crippen LogP contribution in [0, 0.1) is 0 Å². The third-order valence-electron chi connectivity index (χ3n) is 4.54. The molecule has 1 saturated heterocycles. The van der Waals surface area contributed by atoms with E-state index in [9.17, 15) is 13.2 Å². The summed E-state index contributed by atoms with van der Waals surface area (Å²) < 4.78 is 49.4. The monoisotopic (exact) mass is 381 g/mol. The van der Waals surface area contributed by atoms with Crippen LogP contribution < -0.4 is 19.7 Å². The summed E-state index contributed by atoms with van der Waals surface area (Å²) in [5.41, 5.74) is 0.162. The normalized spacial score (nSPS) is 17.5. The highest BCUT2D eigenvalue weighted by molar-refractivity contribution is 5.55. The lowest BCUT2D eigenvalue weighted by atomic mass is 10.0. The van der Waals surface area contributed by atoms with Crippen molar-refractivity contribution in [3.8, 4) is 11.5 Å².